The van der Waals surface area contributed by atoms with Gasteiger partial charge in [-0.05, 0) is 30.3 Å². The summed E-state index contributed by atoms with van der Waals surface area (Å²) in [5.41, 5.74) is 5.95. The second kappa shape index (κ2) is 3.57. The normalized spacial score (nSPS) is 10.2. The fraction of sp³-hybridized carbons (Fsp3) is 0. The zero-order valence-corrected chi connectivity index (χ0v) is 7.85. The monoisotopic (exact) mass is 204 g/mol. The van der Waals surface area contributed by atoms with Gasteiger partial charge in [0.2, 0.25) is 0 Å². The highest BCUT2D eigenvalue weighted by molar-refractivity contribution is 5.96. The number of primary amides is 1. The molecule has 1 amide bonds. The molecular weight excluding hydrogens is 195 g/mol. The van der Waals surface area contributed by atoms with Gasteiger partial charge in [0.1, 0.15) is 5.82 Å². The molecule has 2 rings (SSSR count). The minimum atomic E-state index is -0.571. The Morgan fingerprint density at radius 3 is 2.53 bits per heavy atom. The molecule has 4 heteroatoms. The van der Waals surface area contributed by atoms with Gasteiger partial charge in [-0.1, -0.05) is 0 Å². The molecule has 0 saturated heterocycles. The molecule has 0 bridgehead atoms. The van der Waals surface area contributed by atoms with Crippen molar-refractivity contribution in [2.45, 2.75) is 0 Å². The summed E-state index contributed by atoms with van der Waals surface area (Å²) in [6.45, 7) is 0. The van der Waals surface area contributed by atoms with Gasteiger partial charge in [-0.3, -0.25) is 4.79 Å². The van der Waals surface area contributed by atoms with Crippen molar-refractivity contribution in [2.75, 3.05) is 0 Å². The maximum atomic E-state index is 13.0. The van der Waals surface area contributed by atoms with Crippen molar-refractivity contribution in [2.24, 2.45) is 5.73 Å². The highest BCUT2D eigenvalue weighted by Crippen LogP contribution is 2.16. The van der Waals surface area contributed by atoms with Crippen LogP contribution in [0.25, 0.3) is 5.69 Å². The van der Waals surface area contributed by atoms with Crippen LogP contribution in [0.4, 0.5) is 4.39 Å². The van der Waals surface area contributed by atoms with Crippen molar-refractivity contribution in [1.29, 1.82) is 0 Å². The van der Waals surface area contributed by atoms with E-state index in [0.29, 0.717) is 11.3 Å². The van der Waals surface area contributed by atoms with E-state index in [0.717, 1.165) is 0 Å². The van der Waals surface area contributed by atoms with Crippen LogP contribution in [0.2, 0.25) is 0 Å². The smallest absolute Gasteiger partial charge is 0.250 e. The summed E-state index contributed by atoms with van der Waals surface area (Å²) < 4.78 is 14.7. The zero-order valence-electron chi connectivity index (χ0n) is 7.85. The van der Waals surface area contributed by atoms with E-state index in [1.165, 1.54) is 18.2 Å². The number of carbonyl (C=O) groups excluding carboxylic acids is 1. The van der Waals surface area contributed by atoms with E-state index in [4.69, 9.17) is 5.73 Å². The quantitative estimate of drug-likeness (QED) is 0.795. The van der Waals surface area contributed by atoms with Gasteiger partial charge in [0, 0.05) is 12.4 Å². The van der Waals surface area contributed by atoms with E-state index in [2.05, 4.69) is 0 Å². The third-order valence-electron chi connectivity index (χ3n) is 2.11. The molecule has 0 spiro atoms. The zero-order chi connectivity index (χ0) is 10.8. The Hall–Kier alpha value is -2.10. The Morgan fingerprint density at radius 1 is 1.27 bits per heavy atom. The van der Waals surface area contributed by atoms with Gasteiger partial charge in [0.05, 0.1) is 11.3 Å². The number of nitrogens with two attached hydrogens (primary N) is 1. The maximum Gasteiger partial charge on any atom is 0.250 e. The molecule has 0 saturated carbocycles. The molecule has 0 aliphatic heterocycles. The first-order chi connectivity index (χ1) is 7.18. The molecule has 0 atom stereocenters. The van der Waals surface area contributed by atoms with Crippen molar-refractivity contribution in [3.8, 4) is 5.69 Å². The van der Waals surface area contributed by atoms with Crippen LogP contribution < -0.4 is 5.73 Å². The van der Waals surface area contributed by atoms with Crippen molar-refractivity contribution < 1.29 is 9.18 Å². The summed E-state index contributed by atoms with van der Waals surface area (Å²) in [6.07, 6.45) is 3.45. The summed E-state index contributed by atoms with van der Waals surface area (Å²) in [5.74, 6) is -0.970. The molecule has 0 fully saturated rings. The summed E-state index contributed by atoms with van der Waals surface area (Å²) in [7, 11) is 0. The van der Waals surface area contributed by atoms with Crippen LogP contribution in [0.5, 0.6) is 0 Å². The van der Waals surface area contributed by atoms with Crippen LogP contribution in [-0.4, -0.2) is 10.5 Å². The molecule has 1 aromatic heterocycles. The second-order valence-corrected chi connectivity index (χ2v) is 3.12. The lowest BCUT2D eigenvalue weighted by molar-refractivity contribution is 0.100. The summed E-state index contributed by atoms with van der Waals surface area (Å²) in [5, 5.41) is 0. The molecule has 2 aromatic rings. The number of rotatable bonds is 2. The highest BCUT2D eigenvalue weighted by atomic mass is 19.1. The number of amides is 1. The fourth-order valence-electron chi connectivity index (χ4n) is 1.42. The van der Waals surface area contributed by atoms with Gasteiger partial charge in [0.25, 0.3) is 5.91 Å². The standard InChI is InChI=1S/C11H9FN2O/c12-8-3-4-9(11(13)15)10(7-8)14-5-1-2-6-14/h1-7H,(H2,13,15). The Labute approximate surface area is 85.9 Å². The van der Waals surface area contributed by atoms with Crippen LogP contribution in [0.15, 0.2) is 42.7 Å². The Kier molecular flexibility index (Phi) is 2.25. The lowest BCUT2D eigenvalue weighted by Crippen LogP contribution is -2.14. The van der Waals surface area contributed by atoms with Crippen LogP contribution in [-0.2, 0) is 0 Å². The first kappa shape index (κ1) is 9.45. The van der Waals surface area contributed by atoms with Gasteiger partial charge in [0.15, 0.2) is 0 Å². The first-order valence-electron chi connectivity index (χ1n) is 4.41. The predicted molar refractivity (Wildman–Crippen MR) is 54.2 cm³/mol. The van der Waals surface area contributed by atoms with Crippen molar-refractivity contribution in [1.82, 2.24) is 4.57 Å². The maximum absolute atomic E-state index is 13.0. The van der Waals surface area contributed by atoms with Crippen LogP contribution in [0.3, 0.4) is 0 Å². The molecular formula is C11H9FN2O. The molecule has 15 heavy (non-hydrogen) atoms. The number of aromatic nitrogens is 1. The van der Waals surface area contributed by atoms with Gasteiger partial charge in [-0.15, -0.1) is 0 Å². The first-order valence-corrected chi connectivity index (χ1v) is 4.41. The molecule has 0 unspecified atom stereocenters. The molecule has 0 radical (unpaired) electrons. The van der Waals surface area contributed by atoms with Crippen molar-refractivity contribution >= 4 is 5.91 Å². The average Bonchev–Trinajstić information content (AvgIpc) is 2.69. The van der Waals surface area contributed by atoms with Gasteiger partial charge >= 0.3 is 0 Å². The van der Waals surface area contributed by atoms with Crippen LogP contribution in [0, 0.1) is 5.82 Å². The van der Waals surface area contributed by atoms with Gasteiger partial charge in [-0.2, -0.15) is 0 Å². The van der Waals surface area contributed by atoms with E-state index in [9.17, 15) is 9.18 Å². The average molecular weight is 204 g/mol. The lowest BCUT2D eigenvalue weighted by atomic mass is 10.1. The Bertz CT molecular complexity index is 491. The van der Waals surface area contributed by atoms with Crippen LogP contribution in [0.1, 0.15) is 10.4 Å². The number of hydrogen-bond acceptors (Lipinski definition) is 1. The van der Waals surface area contributed by atoms with E-state index in [1.54, 1.807) is 29.1 Å². The number of benzene rings is 1. The highest BCUT2D eigenvalue weighted by Gasteiger charge is 2.09. The van der Waals surface area contributed by atoms with Gasteiger partial charge in [-0.25, -0.2) is 4.39 Å². The van der Waals surface area contributed by atoms with E-state index >= 15 is 0 Å². The van der Waals surface area contributed by atoms with E-state index < -0.39 is 11.7 Å². The van der Waals surface area contributed by atoms with Gasteiger partial charge < -0.3 is 10.3 Å². The summed E-state index contributed by atoms with van der Waals surface area (Å²) in [4.78, 5) is 11.1. The lowest BCUT2D eigenvalue weighted by Gasteiger charge is -2.07. The second-order valence-electron chi connectivity index (χ2n) is 3.12. The largest absolute Gasteiger partial charge is 0.366 e. The number of carbonyl (C=O) groups is 1. The summed E-state index contributed by atoms with van der Waals surface area (Å²) in [6, 6.07) is 7.45. The molecule has 3 nitrogen and oxygen atoms in total. The van der Waals surface area contributed by atoms with Crippen molar-refractivity contribution in [3.63, 3.8) is 0 Å². The molecule has 1 heterocycles. The summed E-state index contributed by atoms with van der Waals surface area (Å²) >= 11 is 0. The third-order valence-corrected chi connectivity index (χ3v) is 2.11. The predicted octanol–water partition coefficient (Wildman–Crippen LogP) is 1.72. The molecule has 1 aromatic carbocycles. The van der Waals surface area contributed by atoms with E-state index in [-0.39, 0.29) is 0 Å². The minimum Gasteiger partial charge on any atom is -0.366 e. The Balaban J connectivity index is 2.63. The number of nitrogens with zero attached hydrogens (tertiary/aromatic N) is 1. The minimum absolute atomic E-state index is 0.299. The van der Waals surface area contributed by atoms with Crippen molar-refractivity contribution in [3.05, 3.63) is 54.1 Å². The Morgan fingerprint density at radius 2 is 1.93 bits per heavy atom. The number of halogens is 1. The SMILES string of the molecule is NC(=O)c1ccc(F)cc1-n1cccc1. The van der Waals surface area contributed by atoms with E-state index in [1.807, 2.05) is 0 Å². The topological polar surface area (TPSA) is 48.0 Å². The third kappa shape index (κ3) is 1.74. The molecule has 0 aliphatic carbocycles. The fourth-order valence-corrected chi connectivity index (χ4v) is 1.42. The number of hydrogen-bond donors (Lipinski definition) is 1. The molecule has 0 aliphatic rings. The van der Waals surface area contributed by atoms with Crippen LogP contribution >= 0.6 is 0 Å². The molecule has 2 N–H and O–H groups in total. The molecule has 76 valence electrons.